The molecule has 0 N–H and O–H groups in total. The van der Waals surface area contributed by atoms with Crippen molar-refractivity contribution >= 4 is 0 Å². The van der Waals surface area contributed by atoms with Gasteiger partial charge in [0.05, 0.1) is 0 Å². The monoisotopic (exact) mass is 344 g/mol. The molecule has 3 rings (SSSR count). The first kappa shape index (κ1) is 18.9. The van der Waals surface area contributed by atoms with Crippen molar-refractivity contribution in [3.05, 3.63) is 35.6 Å². The third-order valence-corrected chi connectivity index (χ3v) is 7.27. The maximum absolute atomic E-state index is 13.5. The summed E-state index contributed by atoms with van der Waals surface area (Å²) in [5.74, 6) is 4.33. The zero-order valence-corrected chi connectivity index (χ0v) is 16.4. The van der Waals surface area contributed by atoms with Crippen molar-refractivity contribution in [3.63, 3.8) is 0 Å². The summed E-state index contributed by atoms with van der Waals surface area (Å²) in [6, 6.07) is 7.30. The molecule has 1 unspecified atom stereocenters. The molecule has 2 fully saturated rings. The quantitative estimate of drug-likeness (QED) is 0.495. The van der Waals surface area contributed by atoms with Crippen LogP contribution in [0.4, 0.5) is 4.39 Å². The van der Waals surface area contributed by atoms with Crippen LogP contribution in [-0.4, -0.2) is 0 Å². The molecule has 1 heteroatoms. The van der Waals surface area contributed by atoms with Crippen LogP contribution in [0.1, 0.15) is 96.0 Å². The fourth-order valence-corrected chi connectivity index (χ4v) is 5.66. The largest absolute Gasteiger partial charge is 0.207 e. The average Bonchev–Trinajstić information content (AvgIpc) is 2.63. The zero-order valence-electron chi connectivity index (χ0n) is 16.4. The lowest BCUT2D eigenvalue weighted by Gasteiger charge is -2.36. The Morgan fingerprint density at radius 1 is 0.960 bits per heavy atom. The highest BCUT2D eigenvalue weighted by atomic mass is 19.1. The summed E-state index contributed by atoms with van der Waals surface area (Å²) < 4.78 is 13.5. The van der Waals surface area contributed by atoms with E-state index in [1.165, 1.54) is 76.2 Å². The molecule has 1 aromatic rings. The first-order valence-electron chi connectivity index (χ1n) is 10.9. The van der Waals surface area contributed by atoms with Gasteiger partial charge in [-0.1, -0.05) is 51.7 Å². The van der Waals surface area contributed by atoms with E-state index in [0.717, 1.165) is 23.7 Å². The molecule has 0 aromatic heterocycles. The van der Waals surface area contributed by atoms with E-state index in [1.54, 1.807) is 12.1 Å². The number of benzene rings is 1. The Bertz CT molecular complexity index is 507. The van der Waals surface area contributed by atoms with Crippen LogP contribution in [-0.2, 0) is 0 Å². The molecule has 0 bridgehead atoms. The van der Waals surface area contributed by atoms with Gasteiger partial charge < -0.3 is 0 Å². The number of rotatable bonds is 6. The second-order valence-electron chi connectivity index (χ2n) is 9.06. The van der Waals surface area contributed by atoms with Gasteiger partial charge in [0.2, 0.25) is 0 Å². The minimum atomic E-state index is -0.0769. The second-order valence-corrected chi connectivity index (χ2v) is 9.06. The second kappa shape index (κ2) is 9.19. The molecule has 0 nitrogen and oxygen atoms in total. The van der Waals surface area contributed by atoms with E-state index in [0.29, 0.717) is 5.92 Å². The van der Waals surface area contributed by atoms with E-state index in [1.807, 2.05) is 6.07 Å². The van der Waals surface area contributed by atoms with Gasteiger partial charge in [-0.3, -0.25) is 0 Å². The Hall–Kier alpha value is -0.850. The fraction of sp³-hybridized carbons (Fsp3) is 0.750. The van der Waals surface area contributed by atoms with Crippen molar-refractivity contribution in [2.75, 3.05) is 0 Å². The molecular formula is C24H37F. The highest BCUT2D eigenvalue weighted by Crippen LogP contribution is 2.42. The molecule has 0 heterocycles. The smallest absolute Gasteiger partial charge is 0.123 e. The van der Waals surface area contributed by atoms with Crippen LogP contribution in [0.15, 0.2) is 24.3 Å². The Balaban J connectivity index is 1.41. The summed E-state index contributed by atoms with van der Waals surface area (Å²) >= 11 is 0. The standard InChI is InChI=1S/C24H37F/c1-3-5-19-8-12-21(13-9-19)18(2)16-20-10-14-22(15-11-20)23-6-4-7-24(25)17-23/h4,6-7,17-22H,3,5,8-16H2,1-2H3. The molecule has 0 amide bonds. The summed E-state index contributed by atoms with van der Waals surface area (Å²) in [7, 11) is 0. The fourth-order valence-electron chi connectivity index (χ4n) is 5.66. The van der Waals surface area contributed by atoms with Crippen molar-refractivity contribution in [1.82, 2.24) is 0 Å². The van der Waals surface area contributed by atoms with Crippen molar-refractivity contribution in [2.45, 2.75) is 90.4 Å². The molecule has 25 heavy (non-hydrogen) atoms. The Kier molecular flexibility index (Phi) is 6.96. The van der Waals surface area contributed by atoms with E-state index in [2.05, 4.69) is 19.9 Å². The lowest BCUT2D eigenvalue weighted by atomic mass is 9.70. The first-order valence-corrected chi connectivity index (χ1v) is 10.9. The van der Waals surface area contributed by atoms with Gasteiger partial charge in [-0.15, -0.1) is 0 Å². The summed E-state index contributed by atoms with van der Waals surface area (Å²) in [5, 5.41) is 0. The molecule has 0 spiro atoms. The predicted octanol–water partition coefficient (Wildman–Crippen LogP) is 7.73. The van der Waals surface area contributed by atoms with Crippen molar-refractivity contribution < 1.29 is 4.39 Å². The lowest BCUT2D eigenvalue weighted by molar-refractivity contribution is 0.169. The minimum Gasteiger partial charge on any atom is -0.207 e. The Morgan fingerprint density at radius 2 is 1.64 bits per heavy atom. The van der Waals surface area contributed by atoms with E-state index in [4.69, 9.17) is 0 Å². The number of hydrogen-bond acceptors (Lipinski definition) is 0. The van der Waals surface area contributed by atoms with Crippen molar-refractivity contribution in [1.29, 1.82) is 0 Å². The van der Waals surface area contributed by atoms with Gasteiger partial charge >= 0.3 is 0 Å². The maximum atomic E-state index is 13.5. The van der Waals surface area contributed by atoms with E-state index in [-0.39, 0.29) is 5.82 Å². The minimum absolute atomic E-state index is 0.0769. The Morgan fingerprint density at radius 3 is 2.28 bits per heavy atom. The van der Waals surface area contributed by atoms with Gasteiger partial charge in [0.15, 0.2) is 0 Å². The van der Waals surface area contributed by atoms with Crippen LogP contribution < -0.4 is 0 Å². The molecule has 140 valence electrons. The van der Waals surface area contributed by atoms with Gasteiger partial charge in [0.1, 0.15) is 5.82 Å². The highest BCUT2D eigenvalue weighted by molar-refractivity contribution is 5.21. The average molecular weight is 345 g/mol. The third-order valence-electron chi connectivity index (χ3n) is 7.27. The SMILES string of the molecule is CCCC1CCC(C(C)CC2CCC(c3cccc(F)c3)CC2)CC1. The van der Waals surface area contributed by atoms with Gasteiger partial charge in [0, 0.05) is 0 Å². The molecule has 2 aliphatic carbocycles. The summed E-state index contributed by atoms with van der Waals surface area (Å²) in [5.41, 5.74) is 1.22. The van der Waals surface area contributed by atoms with E-state index in [9.17, 15) is 4.39 Å². The van der Waals surface area contributed by atoms with E-state index >= 15 is 0 Å². The summed E-state index contributed by atoms with van der Waals surface area (Å²) in [6.07, 6.45) is 15.4. The van der Waals surface area contributed by atoms with Crippen molar-refractivity contribution in [2.24, 2.45) is 23.7 Å². The van der Waals surface area contributed by atoms with Gasteiger partial charge in [-0.05, 0) is 92.2 Å². The van der Waals surface area contributed by atoms with Gasteiger partial charge in [0.25, 0.3) is 0 Å². The van der Waals surface area contributed by atoms with Crippen LogP contribution >= 0.6 is 0 Å². The predicted molar refractivity (Wildman–Crippen MR) is 105 cm³/mol. The Labute approximate surface area is 154 Å². The van der Waals surface area contributed by atoms with E-state index < -0.39 is 0 Å². The summed E-state index contributed by atoms with van der Waals surface area (Å²) in [4.78, 5) is 0. The lowest BCUT2D eigenvalue weighted by Crippen LogP contribution is -2.23. The highest BCUT2D eigenvalue weighted by Gasteiger charge is 2.29. The van der Waals surface area contributed by atoms with Crippen molar-refractivity contribution in [3.8, 4) is 0 Å². The molecule has 1 atom stereocenters. The number of halogens is 1. The van der Waals surface area contributed by atoms with Crippen LogP contribution in [0.3, 0.4) is 0 Å². The number of hydrogen-bond donors (Lipinski definition) is 0. The van der Waals surface area contributed by atoms with Gasteiger partial charge in [-0.25, -0.2) is 4.39 Å². The molecule has 0 saturated heterocycles. The molecule has 1 aromatic carbocycles. The zero-order chi connectivity index (χ0) is 17.6. The maximum Gasteiger partial charge on any atom is 0.123 e. The van der Waals surface area contributed by atoms with Crippen LogP contribution in [0, 0.1) is 29.5 Å². The molecule has 0 radical (unpaired) electrons. The van der Waals surface area contributed by atoms with Crippen LogP contribution in [0.25, 0.3) is 0 Å². The van der Waals surface area contributed by atoms with Crippen LogP contribution in [0.2, 0.25) is 0 Å². The normalized spacial score (nSPS) is 31.6. The van der Waals surface area contributed by atoms with Crippen LogP contribution in [0.5, 0.6) is 0 Å². The summed E-state index contributed by atoms with van der Waals surface area (Å²) in [6.45, 7) is 4.85. The topological polar surface area (TPSA) is 0 Å². The molecule has 0 aliphatic heterocycles. The van der Waals surface area contributed by atoms with Gasteiger partial charge in [-0.2, -0.15) is 0 Å². The molecular weight excluding hydrogens is 307 g/mol. The third kappa shape index (κ3) is 5.31. The molecule has 2 aliphatic rings. The molecule has 2 saturated carbocycles. The first-order chi connectivity index (χ1) is 12.2.